The summed E-state index contributed by atoms with van der Waals surface area (Å²) >= 11 is 0. The number of rotatable bonds is 4. The Morgan fingerprint density at radius 1 is 1.19 bits per heavy atom. The first-order valence-electron chi connectivity index (χ1n) is 9.94. The van der Waals surface area contributed by atoms with Gasteiger partial charge < -0.3 is 9.80 Å². The highest BCUT2D eigenvalue weighted by atomic mass is 16.1. The number of carbonyl (C=O) groups is 1. The maximum absolute atomic E-state index is 12.5. The smallest absolute Gasteiger partial charge is 0.225 e. The standard InChI is InChI=1S/C22H26N4O/c1-2-25-10-12-26(13-11-25)22-23-16-19-20(24-22)14-18(15-21(19)27)9-8-17-6-4-3-5-7-17/h3-9,16,18H,2,10-15H2,1H3/p+1/b9-8+/t18-/m0/s1. The van der Waals surface area contributed by atoms with Crippen LogP contribution in [0.3, 0.4) is 0 Å². The Hall–Kier alpha value is -2.53. The summed E-state index contributed by atoms with van der Waals surface area (Å²) in [5.41, 5.74) is 2.78. The average Bonchev–Trinajstić information content (AvgIpc) is 2.73. The van der Waals surface area contributed by atoms with Gasteiger partial charge in [-0.3, -0.25) is 4.79 Å². The molecule has 0 bridgehead atoms. The molecule has 5 heteroatoms. The van der Waals surface area contributed by atoms with Crippen LogP contribution >= 0.6 is 0 Å². The van der Waals surface area contributed by atoms with Crippen molar-refractivity contribution in [1.29, 1.82) is 0 Å². The number of aromatic nitrogens is 2. The fourth-order valence-electron chi connectivity index (χ4n) is 3.94. The van der Waals surface area contributed by atoms with Gasteiger partial charge in [-0.15, -0.1) is 0 Å². The zero-order valence-corrected chi connectivity index (χ0v) is 15.9. The molecule has 27 heavy (non-hydrogen) atoms. The van der Waals surface area contributed by atoms with Gasteiger partial charge in [-0.05, 0) is 24.8 Å². The molecule has 1 aliphatic heterocycles. The molecule has 1 saturated heterocycles. The Kier molecular flexibility index (Phi) is 5.30. The van der Waals surface area contributed by atoms with Crippen LogP contribution in [0.4, 0.5) is 5.95 Å². The van der Waals surface area contributed by atoms with Gasteiger partial charge in [-0.2, -0.15) is 0 Å². The number of nitrogens with one attached hydrogen (secondary N) is 1. The molecular weight excluding hydrogens is 336 g/mol. The highest BCUT2D eigenvalue weighted by molar-refractivity contribution is 5.98. The van der Waals surface area contributed by atoms with Crippen LogP contribution in [0.25, 0.3) is 6.08 Å². The van der Waals surface area contributed by atoms with Crippen LogP contribution in [0.15, 0.2) is 42.6 Å². The van der Waals surface area contributed by atoms with Crippen molar-refractivity contribution < 1.29 is 9.69 Å². The number of allylic oxidation sites excluding steroid dienone is 1. The fourth-order valence-corrected chi connectivity index (χ4v) is 3.94. The van der Waals surface area contributed by atoms with E-state index in [1.54, 1.807) is 11.1 Å². The number of quaternary nitrogens is 1. The molecule has 2 aromatic rings. The summed E-state index contributed by atoms with van der Waals surface area (Å²) in [5.74, 6) is 1.14. The Labute approximate surface area is 160 Å². The third-order valence-corrected chi connectivity index (χ3v) is 5.67. The quantitative estimate of drug-likeness (QED) is 0.898. The summed E-state index contributed by atoms with van der Waals surface area (Å²) in [5, 5.41) is 0. The minimum Gasteiger partial charge on any atom is -0.332 e. The summed E-state index contributed by atoms with van der Waals surface area (Å²) in [4.78, 5) is 25.7. The highest BCUT2D eigenvalue weighted by Crippen LogP contribution is 2.26. The lowest BCUT2D eigenvalue weighted by atomic mass is 9.86. The zero-order chi connectivity index (χ0) is 18.6. The number of ketones is 1. The summed E-state index contributed by atoms with van der Waals surface area (Å²) in [6, 6.07) is 10.2. The second kappa shape index (κ2) is 8.01. The topological polar surface area (TPSA) is 50.5 Å². The van der Waals surface area contributed by atoms with E-state index in [1.165, 1.54) is 6.54 Å². The first-order valence-corrected chi connectivity index (χ1v) is 9.94. The van der Waals surface area contributed by atoms with Gasteiger partial charge in [0.1, 0.15) is 0 Å². The van der Waals surface area contributed by atoms with Crippen molar-refractivity contribution in [2.24, 2.45) is 5.92 Å². The molecule has 1 aromatic carbocycles. The van der Waals surface area contributed by atoms with Crippen LogP contribution < -0.4 is 9.80 Å². The number of fused-ring (bicyclic) bond motifs is 1. The highest BCUT2D eigenvalue weighted by Gasteiger charge is 2.27. The zero-order valence-electron chi connectivity index (χ0n) is 15.9. The molecule has 1 aliphatic carbocycles. The Morgan fingerprint density at radius 2 is 1.96 bits per heavy atom. The normalized spacial score (nSPS) is 20.9. The summed E-state index contributed by atoms with van der Waals surface area (Å²) in [7, 11) is 0. The van der Waals surface area contributed by atoms with E-state index in [4.69, 9.17) is 4.98 Å². The number of carbonyl (C=O) groups excluding carboxylic acids is 1. The van der Waals surface area contributed by atoms with Crippen molar-refractivity contribution in [1.82, 2.24) is 9.97 Å². The van der Waals surface area contributed by atoms with Crippen molar-refractivity contribution in [3.8, 4) is 0 Å². The number of likely N-dealkylation sites (N-methyl/N-ethyl adjacent to an activating group) is 1. The summed E-state index contributed by atoms with van der Waals surface area (Å²) in [6.45, 7) is 7.61. The molecule has 4 rings (SSSR count). The molecule has 0 radical (unpaired) electrons. The SMILES string of the molecule is CC[NH+]1CCN(c2ncc3c(n2)C[C@H](/C=C/c2ccccc2)CC3=O)CC1. The lowest BCUT2D eigenvalue weighted by Gasteiger charge is -2.32. The number of hydrogen-bond donors (Lipinski definition) is 1. The number of Topliss-reactive ketones (excluding diaryl/α,β-unsaturated/α-hetero) is 1. The van der Waals surface area contributed by atoms with E-state index in [0.29, 0.717) is 12.0 Å². The number of piperazine rings is 1. The molecule has 1 atom stereocenters. The first-order chi connectivity index (χ1) is 13.2. The van der Waals surface area contributed by atoms with Crippen molar-refractivity contribution >= 4 is 17.8 Å². The van der Waals surface area contributed by atoms with Gasteiger partial charge in [0.15, 0.2) is 5.78 Å². The molecule has 0 amide bonds. The third-order valence-electron chi connectivity index (χ3n) is 5.67. The molecular formula is C22H27N4O+. The van der Waals surface area contributed by atoms with E-state index >= 15 is 0 Å². The van der Waals surface area contributed by atoms with Crippen LogP contribution in [0.2, 0.25) is 0 Å². The van der Waals surface area contributed by atoms with E-state index in [1.807, 2.05) is 18.2 Å². The van der Waals surface area contributed by atoms with E-state index in [0.717, 1.165) is 49.8 Å². The maximum Gasteiger partial charge on any atom is 0.225 e. The molecule has 0 saturated carbocycles. The summed E-state index contributed by atoms with van der Waals surface area (Å²) < 4.78 is 0. The van der Waals surface area contributed by atoms with E-state index in [2.05, 4.69) is 41.1 Å². The molecule has 0 unspecified atom stereocenters. The second-order valence-electron chi connectivity index (χ2n) is 7.48. The predicted octanol–water partition coefficient (Wildman–Crippen LogP) is 1.66. The third kappa shape index (κ3) is 4.08. The number of nitrogens with zero attached hydrogens (tertiary/aromatic N) is 3. The minimum absolute atomic E-state index is 0.158. The lowest BCUT2D eigenvalue weighted by Crippen LogP contribution is -3.14. The molecule has 1 fully saturated rings. The van der Waals surface area contributed by atoms with Gasteiger partial charge >= 0.3 is 0 Å². The Morgan fingerprint density at radius 3 is 2.70 bits per heavy atom. The summed E-state index contributed by atoms with van der Waals surface area (Å²) in [6.07, 6.45) is 7.35. The largest absolute Gasteiger partial charge is 0.332 e. The van der Waals surface area contributed by atoms with Crippen molar-refractivity contribution in [2.45, 2.75) is 19.8 Å². The maximum atomic E-state index is 12.5. The van der Waals surface area contributed by atoms with Gasteiger partial charge in [0.25, 0.3) is 0 Å². The van der Waals surface area contributed by atoms with Crippen molar-refractivity contribution in [3.05, 3.63) is 59.4 Å². The Balaban J connectivity index is 1.49. The molecule has 0 spiro atoms. The van der Waals surface area contributed by atoms with Crippen molar-refractivity contribution in [3.63, 3.8) is 0 Å². The van der Waals surface area contributed by atoms with Gasteiger partial charge in [0.05, 0.1) is 44.0 Å². The van der Waals surface area contributed by atoms with Gasteiger partial charge in [0.2, 0.25) is 5.95 Å². The van der Waals surface area contributed by atoms with Gasteiger partial charge in [0, 0.05) is 12.6 Å². The van der Waals surface area contributed by atoms with Crippen LogP contribution in [0.5, 0.6) is 0 Å². The van der Waals surface area contributed by atoms with Crippen LogP contribution in [-0.4, -0.2) is 48.5 Å². The lowest BCUT2D eigenvalue weighted by molar-refractivity contribution is -0.898. The van der Waals surface area contributed by atoms with E-state index in [-0.39, 0.29) is 11.7 Å². The second-order valence-corrected chi connectivity index (χ2v) is 7.48. The monoisotopic (exact) mass is 363 g/mol. The Bertz CT molecular complexity index is 825. The van der Waals surface area contributed by atoms with E-state index in [9.17, 15) is 4.79 Å². The molecule has 2 aliphatic rings. The molecule has 5 nitrogen and oxygen atoms in total. The van der Waals surface area contributed by atoms with Gasteiger partial charge in [-0.25, -0.2) is 9.97 Å². The molecule has 140 valence electrons. The predicted molar refractivity (Wildman–Crippen MR) is 107 cm³/mol. The molecule has 2 heterocycles. The number of anilines is 1. The van der Waals surface area contributed by atoms with E-state index < -0.39 is 0 Å². The first kappa shape index (κ1) is 17.9. The average molecular weight is 363 g/mol. The number of benzene rings is 1. The van der Waals surface area contributed by atoms with Crippen LogP contribution in [-0.2, 0) is 6.42 Å². The van der Waals surface area contributed by atoms with Crippen molar-refractivity contribution in [2.75, 3.05) is 37.6 Å². The minimum atomic E-state index is 0.158. The number of hydrogen-bond acceptors (Lipinski definition) is 4. The fraction of sp³-hybridized carbons (Fsp3) is 0.409. The molecule has 1 aromatic heterocycles. The van der Waals surface area contributed by atoms with Crippen LogP contribution in [0.1, 0.15) is 35.0 Å². The van der Waals surface area contributed by atoms with Gasteiger partial charge in [-0.1, -0.05) is 42.5 Å². The molecule has 1 N–H and O–H groups in total. The van der Waals surface area contributed by atoms with Crippen LogP contribution in [0, 0.1) is 5.92 Å².